The first-order valence-electron chi connectivity index (χ1n) is 3.31. The number of para-hydroxylation sites is 2. The van der Waals surface area contributed by atoms with E-state index in [4.69, 9.17) is 9.47 Å². The van der Waals surface area contributed by atoms with Gasteiger partial charge in [-0.3, -0.25) is 0 Å². The average molecular weight is 168 g/mol. The minimum atomic E-state index is 0. The standard InChI is InChI=1S/C8H8O2.2CH4/c1-2-4-8-7(3-1)9-5-6-10-8;;/h1-4H,5-6H2;2*1H4. The van der Waals surface area contributed by atoms with Gasteiger partial charge >= 0.3 is 0 Å². The zero-order chi connectivity index (χ0) is 6.81. The Hall–Kier alpha value is -1.18. The van der Waals surface area contributed by atoms with E-state index < -0.39 is 0 Å². The number of benzene rings is 1. The van der Waals surface area contributed by atoms with Crippen LogP contribution >= 0.6 is 0 Å². The molecule has 0 saturated carbocycles. The molecule has 0 N–H and O–H groups in total. The van der Waals surface area contributed by atoms with Crippen LogP contribution in [0.15, 0.2) is 24.3 Å². The second-order valence-electron chi connectivity index (χ2n) is 2.14. The van der Waals surface area contributed by atoms with Crippen LogP contribution in [0.2, 0.25) is 0 Å². The number of fused-ring (bicyclic) bond motifs is 1. The third-order valence-electron chi connectivity index (χ3n) is 1.45. The third-order valence-corrected chi connectivity index (χ3v) is 1.45. The second-order valence-corrected chi connectivity index (χ2v) is 2.14. The van der Waals surface area contributed by atoms with Crippen molar-refractivity contribution >= 4 is 0 Å². The van der Waals surface area contributed by atoms with Crippen LogP contribution in [-0.4, -0.2) is 13.2 Å². The SMILES string of the molecule is C.C.c1ccc2c(c1)OCCO2. The molecule has 1 aromatic rings. The lowest BCUT2D eigenvalue weighted by atomic mass is 10.3. The van der Waals surface area contributed by atoms with Crippen LogP contribution in [-0.2, 0) is 0 Å². The number of hydrogen-bond acceptors (Lipinski definition) is 2. The summed E-state index contributed by atoms with van der Waals surface area (Å²) < 4.78 is 10.6. The maximum atomic E-state index is 5.30. The number of ether oxygens (including phenoxy) is 2. The molecule has 1 heterocycles. The van der Waals surface area contributed by atoms with Crippen LogP contribution in [0.1, 0.15) is 14.9 Å². The zero-order valence-electron chi connectivity index (χ0n) is 5.54. The Balaban J connectivity index is 0.000000605. The molecule has 0 aromatic heterocycles. The predicted molar refractivity (Wildman–Crippen MR) is 50.9 cm³/mol. The van der Waals surface area contributed by atoms with Gasteiger partial charge in [-0.2, -0.15) is 0 Å². The predicted octanol–water partition coefficient (Wildman–Crippen LogP) is 2.73. The van der Waals surface area contributed by atoms with E-state index >= 15 is 0 Å². The number of rotatable bonds is 0. The lowest BCUT2D eigenvalue weighted by Gasteiger charge is -2.17. The van der Waals surface area contributed by atoms with E-state index in [2.05, 4.69) is 0 Å². The summed E-state index contributed by atoms with van der Waals surface area (Å²) >= 11 is 0. The first-order chi connectivity index (χ1) is 4.97. The maximum Gasteiger partial charge on any atom is 0.161 e. The number of hydrogen-bond donors (Lipinski definition) is 0. The first kappa shape index (κ1) is 10.8. The van der Waals surface area contributed by atoms with Gasteiger partial charge in [-0.15, -0.1) is 0 Å². The van der Waals surface area contributed by atoms with Gasteiger partial charge in [-0.25, -0.2) is 0 Å². The van der Waals surface area contributed by atoms with Crippen molar-refractivity contribution in [3.05, 3.63) is 24.3 Å². The molecule has 0 amide bonds. The normalized spacial score (nSPS) is 12.3. The Morgan fingerprint density at radius 3 is 1.67 bits per heavy atom. The van der Waals surface area contributed by atoms with Gasteiger partial charge in [0.25, 0.3) is 0 Å². The Bertz CT molecular complexity index is 208. The summed E-state index contributed by atoms with van der Waals surface area (Å²) in [6.45, 7) is 1.33. The van der Waals surface area contributed by atoms with Crippen LogP contribution in [0.3, 0.4) is 0 Å². The monoisotopic (exact) mass is 168 g/mol. The molecule has 1 aliphatic heterocycles. The van der Waals surface area contributed by atoms with Crippen molar-refractivity contribution in [3.63, 3.8) is 0 Å². The molecule has 0 fully saturated rings. The van der Waals surface area contributed by atoms with E-state index in [1.54, 1.807) is 0 Å². The Kier molecular flexibility index (Phi) is 4.19. The van der Waals surface area contributed by atoms with Crippen LogP contribution < -0.4 is 9.47 Å². The molecule has 0 atom stereocenters. The molecule has 0 unspecified atom stereocenters. The average Bonchev–Trinajstić information content (AvgIpc) is 2.05. The maximum absolute atomic E-state index is 5.30. The highest BCUT2D eigenvalue weighted by molar-refractivity contribution is 5.40. The molecule has 0 bridgehead atoms. The van der Waals surface area contributed by atoms with Gasteiger partial charge in [-0.1, -0.05) is 27.0 Å². The summed E-state index contributed by atoms with van der Waals surface area (Å²) in [5.74, 6) is 1.71. The second kappa shape index (κ2) is 4.65. The molecule has 0 radical (unpaired) electrons. The molecular weight excluding hydrogens is 152 g/mol. The Labute approximate surface area is 74.1 Å². The van der Waals surface area contributed by atoms with Crippen molar-refractivity contribution < 1.29 is 9.47 Å². The molecule has 1 aromatic carbocycles. The summed E-state index contributed by atoms with van der Waals surface area (Å²) in [4.78, 5) is 0. The molecule has 68 valence electrons. The van der Waals surface area contributed by atoms with E-state index in [0.29, 0.717) is 13.2 Å². The van der Waals surface area contributed by atoms with E-state index in [1.165, 1.54) is 0 Å². The Morgan fingerprint density at radius 2 is 1.25 bits per heavy atom. The summed E-state index contributed by atoms with van der Waals surface area (Å²) in [5, 5.41) is 0. The minimum absolute atomic E-state index is 0. The summed E-state index contributed by atoms with van der Waals surface area (Å²) in [7, 11) is 0. The van der Waals surface area contributed by atoms with Gasteiger partial charge in [0.1, 0.15) is 13.2 Å². The molecule has 2 heteroatoms. The molecule has 0 aliphatic carbocycles. The summed E-state index contributed by atoms with van der Waals surface area (Å²) in [6, 6.07) is 7.70. The first-order valence-corrected chi connectivity index (χ1v) is 3.31. The van der Waals surface area contributed by atoms with E-state index in [0.717, 1.165) is 11.5 Å². The van der Waals surface area contributed by atoms with Crippen LogP contribution in [0, 0.1) is 0 Å². The van der Waals surface area contributed by atoms with Crippen molar-refractivity contribution in [1.82, 2.24) is 0 Å². The van der Waals surface area contributed by atoms with Gasteiger partial charge in [0.05, 0.1) is 0 Å². The van der Waals surface area contributed by atoms with Crippen molar-refractivity contribution in [3.8, 4) is 11.5 Å². The Morgan fingerprint density at radius 1 is 0.833 bits per heavy atom. The topological polar surface area (TPSA) is 18.5 Å². The van der Waals surface area contributed by atoms with Gasteiger partial charge < -0.3 is 9.47 Å². The fraction of sp³-hybridized carbons (Fsp3) is 0.400. The fourth-order valence-electron chi connectivity index (χ4n) is 0.992. The summed E-state index contributed by atoms with van der Waals surface area (Å²) in [5.41, 5.74) is 0. The van der Waals surface area contributed by atoms with Gasteiger partial charge in [0, 0.05) is 0 Å². The van der Waals surface area contributed by atoms with Crippen molar-refractivity contribution in [2.24, 2.45) is 0 Å². The highest BCUT2D eigenvalue weighted by Crippen LogP contribution is 2.28. The third kappa shape index (κ3) is 1.91. The van der Waals surface area contributed by atoms with Gasteiger partial charge in [0.15, 0.2) is 11.5 Å². The van der Waals surface area contributed by atoms with Crippen LogP contribution in [0.25, 0.3) is 0 Å². The zero-order valence-corrected chi connectivity index (χ0v) is 5.54. The van der Waals surface area contributed by atoms with E-state index in [1.807, 2.05) is 24.3 Å². The molecule has 0 spiro atoms. The largest absolute Gasteiger partial charge is 0.486 e. The lowest BCUT2D eigenvalue weighted by molar-refractivity contribution is 0.171. The smallest absolute Gasteiger partial charge is 0.161 e. The fourth-order valence-corrected chi connectivity index (χ4v) is 0.992. The van der Waals surface area contributed by atoms with E-state index in [9.17, 15) is 0 Å². The highest BCUT2D eigenvalue weighted by atomic mass is 16.6. The van der Waals surface area contributed by atoms with Crippen LogP contribution in [0.5, 0.6) is 11.5 Å². The molecule has 2 nitrogen and oxygen atoms in total. The molecule has 2 rings (SSSR count). The summed E-state index contributed by atoms with van der Waals surface area (Å²) in [6.07, 6.45) is 0. The van der Waals surface area contributed by atoms with Crippen molar-refractivity contribution in [2.75, 3.05) is 13.2 Å². The molecule has 12 heavy (non-hydrogen) atoms. The van der Waals surface area contributed by atoms with Crippen molar-refractivity contribution in [1.29, 1.82) is 0 Å². The quantitative estimate of drug-likeness (QED) is 0.593. The van der Waals surface area contributed by atoms with Gasteiger partial charge in [-0.05, 0) is 12.1 Å². The minimum Gasteiger partial charge on any atom is -0.486 e. The lowest BCUT2D eigenvalue weighted by Crippen LogP contribution is -2.14. The van der Waals surface area contributed by atoms with Crippen LogP contribution in [0.4, 0.5) is 0 Å². The molecule has 0 saturated heterocycles. The van der Waals surface area contributed by atoms with Gasteiger partial charge in [0.2, 0.25) is 0 Å². The van der Waals surface area contributed by atoms with Crippen molar-refractivity contribution in [2.45, 2.75) is 14.9 Å². The molecule has 1 aliphatic rings. The van der Waals surface area contributed by atoms with E-state index in [-0.39, 0.29) is 14.9 Å². The molecular formula is C10H16O2. The highest BCUT2D eigenvalue weighted by Gasteiger charge is 2.07.